The molecule has 0 saturated carbocycles. The first-order chi connectivity index (χ1) is 8.52. The predicted octanol–water partition coefficient (Wildman–Crippen LogP) is 1.79. The number of halogens is 2. The van der Waals surface area contributed by atoms with Gasteiger partial charge in [0, 0.05) is 12.1 Å². The molecule has 0 aliphatic rings. The van der Waals surface area contributed by atoms with Crippen molar-refractivity contribution in [2.75, 3.05) is 6.54 Å². The van der Waals surface area contributed by atoms with Crippen LogP contribution in [-0.4, -0.2) is 30.3 Å². The molecule has 0 aliphatic heterocycles. The van der Waals surface area contributed by atoms with Gasteiger partial charge in [0.25, 0.3) is 5.91 Å². The molecule has 1 atom stereocenters. The molecular weight excluding hydrogens is 244 g/mol. The second-order valence-electron chi connectivity index (χ2n) is 3.68. The molecule has 1 rings (SSSR count). The van der Waals surface area contributed by atoms with Crippen LogP contribution in [0.1, 0.15) is 23.7 Å². The summed E-state index contributed by atoms with van der Waals surface area (Å²) in [6.45, 7) is -1.02. The van der Waals surface area contributed by atoms with Crippen LogP contribution in [0.25, 0.3) is 0 Å². The van der Waals surface area contributed by atoms with E-state index in [1.54, 1.807) is 6.92 Å². The summed E-state index contributed by atoms with van der Waals surface area (Å²) < 4.78 is 28.2. The van der Waals surface area contributed by atoms with Gasteiger partial charge in [-0.05, 0) is 24.6 Å². The Labute approximate surface area is 104 Å². The fraction of sp³-hybridized carbons (Fsp3) is 0.417. The lowest BCUT2D eigenvalue weighted by Gasteiger charge is -2.10. The highest BCUT2D eigenvalue weighted by atomic mass is 19.3. The number of rotatable bonds is 6. The largest absolute Gasteiger partial charge is 0.435 e. The summed E-state index contributed by atoms with van der Waals surface area (Å²) in [5.74, 6) is -0.518. The minimum atomic E-state index is -2.93. The predicted molar refractivity (Wildman–Crippen MR) is 61.7 cm³/mol. The Balaban J connectivity index is 2.62. The molecule has 0 aliphatic carbocycles. The number of hydrogen-bond donors (Lipinski definition) is 2. The van der Waals surface area contributed by atoms with Crippen LogP contribution in [-0.2, 0) is 0 Å². The third kappa shape index (κ3) is 4.67. The highest BCUT2D eigenvalue weighted by molar-refractivity contribution is 5.94. The molecule has 2 N–H and O–H groups in total. The van der Waals surface area contributed by atoms with Crippen LogP contribution in [0, 0.1) is 0 Å². The molecule has 6 heteroatoms. The fourth-order valence-corrected chi connectivity index (χ4v) is 1.27. The van der Waals surface area contributed by atoms with Crippen LogP contribution in [0.4, 0.5) is 8.78 Å². The zero-order valence-corrected chi connectivity index (χ0v) is 9.90. The Hall–Kier alpha value is -1.69. The standard InChI is InChI=1S/C12H15F2NO3/c1-2-9(16)7-15-11(17)8-4-3-5-10(6-8)18-12(13)14/h3-6,9,12,16H,2,7H2,1H3,(H,15,17). The van der Waals surface area contributed by atoms with Crippen LogP contribution in [0.2, 0.25) is 0 Å². The van der Waals surface area contributed by atoms with Crippen molar-refractivity contribution in [2.45, 2.75) is 26.1 Å². The van der Waals surface area contributed by atoms with E-state index in [0.717, 1.165) is 0 Å². The van der Waals surface area contributed by atoms with Gasteiger partial charge in [0.2, 0.25) is 0 Å². The summed E-state index contributed by atoms with van der Waals surface area (Å²) in [7, 11) is 0. The van der Waals surface area contributed by atoms with Gasteiger partial charge in [0.1, 0.15) is 5.75 Å². The second kappa shape index (κ2) is 6.90. The van der Waals surface area contributed by atoms with Crippen LogP contribution >= 0.6 is 0 Å². The highest BCUT2D eigenvalue weighted by Gasteiger charge is 2.10. The first-order valence-electron chi connectivity index (χ1n) is 5.54. The molecule has 1 amide bonds. The Morgan fingerprint density at radius 1 is 1.50 bits per heavy atom. The van der Waals surface area contributed by atoms with Crippen molar-refractivity contribution >= 4 is 5.91 Å². The van der Waals surface area contributed by atoms with Crippen molar-refractivity contribution in [1.82, 2.24) is 5.32 Å². The first-order valence-corrected chi connectivity index (χ1v) is 5.54. The maximum Gasteiger partial charge on any atom is 0.387 e. The van der Waals surface area contributed by atoms with Gasteiger partial charge >= 0.3 is 6.61 Å². The van der Waals surface area contributed by atoms with Gasteiger partial charge in [-0.15, -0.1) is 0 Å². The summed E-state index contributed by atoms with van der Waals surface area (Å²) in [6, 6.07) is 5.48. The molecule has 1 unspecified atom stereocenters. The van der Waals surface area contributed by atoms with E-state index in [0.29, 0.717) is 6.42 Å². The lowest BCUT2D eigenvalue weighted by Crippen LogP contribution is -2.31. The molecule has 0 radical (unpaired) electrons. The van der Waals surface area contributed by atoms with Gasteiger partial charge in [0.05, 0.1) is 6.10 Å². The summed E-state index contributed by atoms with van der Waals surface area (Å²) in [4.78, 5) is 11.6. The Bertz CT molecular complexity index is 399. The molecule has 0 heterocycles. The van der Waals surface area contributed by atoms with Crippen LogP contribution in [0.3, 0.4) is 0 Å². The molecule has 0 saturated heterocycles. The molecule has 0 aromatic heterocycles. The zero-order chi connectivity index (χ0) is 13.5. The lowest BCUT2D eigenvalue weighted by atomic mass is 10.2. The van der Waals surface area contributed by atoms with E-state index < -0.39 is 18.6 Å². The number of carbonyl (C=O) groups excluding carboxylic acids is 1. The summed E-state index contributed by atoms with van der Waals surface area (Å²) >= 11 is 0. The average Bonchev–Trinajstić information content (AvgIpc) is 2.35. The summed E-state index contributed by atoms with van der Waals surface area (Å²) in [6.07, 6.45) is -0.0936. The minimum Gasteiger partial charge on any atom is -0.435 e. The fourth-order valence-electron chi connectivity index (χ4n) is 1.27. The number of amides is 1. The molecule has 1 aromatic carbocycles. The maximum atomic E-state index is 12.0. The van der Waals surface area contributed by atoms with E-state index in [2.05, 4.69) is 10.1 Å². The molecule has 1 aromatic rings. The van der Waals surface area contributed by atoms with E-state index >= 15 is 0 Å². The second-order valence-corrected chi connectivity index (χ2v) is 3.68. The Kier molecular flexibility index (Phi) is 5.51. The van der Waals surface area contributed by atoms with Crippen molar-refractivity contribution in [3.8, 4) is 5.75 Å². The number of benzene rings is 1. The van der Waals surface area contributed by atoms with E-state index in [1.165, 1.54) is 24.3 Å². The molecule has 100 valence electrons. The van der Waals surface area contributed by atoms with Gasteiger partial charge in [-0.1, -0.05) is 13.0 Å². The molecular formula is C12H15F2NO3. The Morgan fingerprint density at radius 3 is 2.83 bits per heavy atom. The summed E-state index contributed by atoms with van der Waals surface area (Å²) in [5, 5.41) is 11.8. The lowest BCUT2D eigenvalue weighted by molar-refractivity contribution is -0.0498. The van der Waals surface area contributed by atoms with Crippen molar-refractivity contribution < 1.29 is 23.4 Å². The number of alkyl halides is 2. The zero-order valence-electron chi connectivity index (χ0n) is 9.90. The number of hydrogen-bond acceptors (Lipinski definition) is 3. The average molecular weight is 259 g/mol. The smallest absolute Gasteiger partial charge is 0.387 e. The molecule has 0 spiro atoms. The quantitative estimate of drug-likeness (QED) is 0.818. The van der Waals surface area contributed by atoms with Crippen LogP contribution in [0.15, 0.2) is 24.3 Å². The van der Waals surface area contributed by atoms with E-state index in [4.69, 9.17) is 0 Å². The Morgan fingerprint density at radius 2 is 2.22 bits per heavy atom. The van der Waals surface area contributed by atoms with Gasteiger partial charge in [-0.2, -0.15) is 8.78 Å². The normalized spacial score (nSPS) is 12.3. The number of aliphatic hydroxyl groups excluding tert-OH is 1. The van der Waals surface area contributed by atoms with Gasteiger partial charge in [-0.3, -0.25) is 4.79 Å². The maximum absolute atomic E-state index is 12.0. The van der Waals surface area contributed by atoms with Crippen molar-refractivity contribution in [2.24, 2.45) is 0 Å². The third-order valence-corrected chi connectivity index (χ3v) is 2.29. The molecule has 0 bridgehead atoms. The van der Waals surface area contributed by atoms with Crippen LogP contribution < -0.4 is 10.1 Å². The van der Waals surface area contributed by atoms with Crippen molar-refractivity contribution in [3.63, 3.8) is 0 Å². The minimum absolute atomic E-state index is 0.0753. The SMILES string of the molecule is CCC(O)CNC(=O)c1cccc(OC(F)F)c1. The first kappa shape index (κ1) is 14.4. The third-order valence-electron chi connectivity index (χ3n) is 2.29. The van der Waals surface area contributed by atoms with Gasteiger partial charge in [0.15, 0.2) is 0 Å². The van der Waals surface area contributed by atoms with E-state index in [-0.39, 0.29) is 17.9 Å². The molecule has 18 heavy (non-hydrogen) atoms. The number of aliphatic hydroxyl groups is 1. The monoisotopic (exact) mass is 259 g/mol. The van der Waals surface area contributed by atoms with Crippen LogP contribution in [0.5, 0.6) is 5.75 Å². The molecule has 4 nitrogen and oxygen atoms in total. The number of nitrogens with one attached hydrogen (secondary N) is 1. The molecule has 0 fully saturated rings. The number of ether oxygens (including phenoxy) is 1. The summed E-state index contributed by atoms with van der Waals surface area (Å²) in [5.41, 5.74) is 0.205. The number of carbonyl (C=O) groups is 1. The van der Waals surface area contributed by atoms with Crippen molar-refractivity contribution in [1.29, 1.82) is 0 Å². The van der Waals surface area contributed by atoms with Gasteiger partial charge in [-0.25, -0.2) is 0 Å². The van der Waals surface area contributed by atoms with Gasteiger partial charge < -0.3 is 15.2 Å². The van der Waals surface area contributed by atoms with E-state index in [9.17, 15) is 18.7 Å². The van der Waals surface area contributed by atoms with Crippen molar-refractivity contribution in [3.05, 3.63) is 29.8 Å². The van der Waals surface area contributed by atoms with E-state index in [1.807, 2.05) is 0 Å². The highest BCUT2D eigenvalue weighted by Crippen LogP contribution is 2.15. The topological polar surface area (TPSA) is 58.6 Å².